The maximum Gasteiger partial charge on any atom is 0.407 e. The van der Waals surface area contributed by atoms with Crippen LogP contribution in [-0.4, -0.2) is 18.7 Å². The summed E-state index contributed by atoms with van der Waals surface area (Å²) in [6.45, 7) is 6.50. The van der Waals surface area contributed by atoms with E-state index in [1.165, 1.54) is 19.3 Å². The number of carbonyl (C=O) groups is 1. The van der Waals surface area contributed by atoms with Crippen molar-refractivity contribution in [2.24, 2.45) is 0 Å². The van der Waals surface area contributed by atoms with Gasteiger partial charge in [0.05, 0.1) is 0 Å². The summed E-state index contributed by atoms with van der Waals surface area (Å²) in [6.07, 6.45) is 7.50. The topological polar surface area (TPSA) is 38.3 Å². The molecule has 0 saturated heterocycles. The Morgan fingerprint density at radius 3 is 2.69 bits per heavy atom. The number of hydrogen-bond acceptors (Lipinski definition) is 2. The summed E-state index contributed by atoms with van der Waals surface area (Å²) < 4.78 is 5.33. The molecule has 1 amide bonds. The van der Waals surface area contributed by atoms with Crippen molar-refractivity contribution in [1.82, 2.24) is 5.32 Å². The Morgan fingerprint density at radius 1 is 1.38 bits per heavy atom. The first-order valence-corrected chi connectivity index (χ1v) is 6.27. The van der Waals surface area contributed by atoms with Crippen molar-refractivity contribution >= 4 is 6.09 Å². The molecule has 0 aliphatic heterocycles. The average Bonchev–Trinajstić information content (AvgIpc) is 2.25. The van der Waals surface area contributed by atoms with Gasteiger partial charge in [-0.05, 0) is 45.4 Å². The van der Waals surface area contributed by atoms with E-state index in [0.29, 0.717) is 6.54 Å². The standard InChI is InChI=1S/C13H23NO2/c1-11(2)7-6-10-14-13(15)16-12-8-4-3-5-9-12/h12H,1,3-10H2,2H3,(H,14,15). The maximum absolute atomic E-state index is 11.4. The molecular weight excluding hydrogens is 202 g/mol. The Hall–Kier alpha value is -0.990. The summed E-state index contributed by atoms with van der Waals surface area (Å²) >= 11 is 0. The van der Waals surface area contributed by atoms with Gasteiger partial charge in [0.1, 0.15) is 6.10 Å². The highest BCUT2D eigenvalue weighted by Gasteiger charge is 2.16. The fourth-order valence-corrected chi connectivity index (χ4v) is 1.96. The van der Waals surface area contributed by atoms with Crippen LogP contribution in [0, 0.1) is 0 Å². The molecule has 0 radical (unpaired) electrons. The second-order valence-electron chi connectivity index (χ2n) is 4.65. The quantitative estimate of drug-likeness (QED) is 0.575. The van der Waals surface area contributed by atoms with Crippen molar-refractivity contribution in [3.05, 3.63) is 12.2 Å². The lowest BCUT2D eigenvalue weighted by Crippen LogP contribution is -2.30. The molecule has 0 spiro atoms. The van der Waals surface area contributed by atoms with Gasteiger partial charge in [0.2, 0.25) is 0 Å². The first kappa shape index (κ1) is 13.1. The normalized spacial score (nSPS) is 16.8. The van der Waals surface area contributed by atoms with Crippen molar-refractivity contribution < 1.29 is 9.53 Å². The zero-order valence-electron chi connectivity index (χ0n) is 10.3. The molecule has 0 aromatic heterocycles. The number of carbonyl (C=O) groups excluding carboxylic acids is 1. The van der Waals surface area contributed by atoms with Gasteiger partial charge in [-0.3, -0.25) is 0 Å². The molecule has 1 aliphatic carbocycles. The third-order valence-corrected chi connectivity index (χ3v) is 2.88. The van der Waals surface area contributed by atoms with Crippen LogP contribution in [0.3, 0.4) is 0 Å². The lowest BCUT2D eigenvalue weighted by molar-refractivity contribution is 0.0754. The van der Waals surface area contributed by atoms with Gasteiger partial charge < -0.3 is 10.1 Å². The molecule has 1 rings (SSSR count). The first-order valence-electron chi connectivity index (χ1n) is 6.27. The zero-order valence-corrected chi connectivity index (χ0v) is 10.3. The lowest BCUT2D eigenvalue weighted by atomic mass is 9.98. The van der Waals surface area contributed by atoms with Crippen LogP contribution < -0.4 is 5.32 Å². The molecule has 0 atom stereocenters. The highest BCUT2D eigenvalue weighted by molar-refractivity contribution is 5.67. The molecule has 1 fully saturated rings. The van der Waals surface area contributed by atoms with E-state index in [4.69, 9.17) is 4.74 Å². The van der Waals surface area contributed by atoms with Crippen molar-refractivity contribution in [2.45, 2.75) is 58.0 Å². The number of ether oxygens (including phenoxy) is 1. The number of amides is 1. The van der Waals surface area contributed by atoms with Crippen molar-refractivity contribution in [3.8, 4) is 0 Å². The minimum Gasteiger partial charge on any atom is -0.446 e. The van der Waals surface area contributed by atoms with Crippen molar-refractivity contribution in [2.75, 3.05) is 6.54 Å². The van der Waals surface area contributed by atoms with Crippen LogP contribution >= 0.6 is 0 Å². The second-order valence-corrected chi connectivity index (χ2v) is 4.65. The summed E-state index contributed by atoms with van der Waals surface area (Å²) in [7, 11) is 0. The third-order valence-electron chi connectivity index (χ3n) is 2.88. The van der Waals surface area contributed by atoms with E-state index >= 15 is 0 Å². The van der Waals surface area contributed by atoms with Crippen LogP contribution in [0.4, 0.5) is 4.79 Å². The fraction of sp³-hybridized carbons (Fsp3) is 0.769. The van der Waals surface area contributed by atoms with E-state index in [2.05, 4.69) is 11.9 Å². The molecule has 0 aromatic rings. The Bertz CT molecular complexity index is 232. The van der Waals surface area contributed by atoms with Crippen LogP contribution in [0.1, 0.15) is 51.9 Å². The van der Waals surface area contributed by atoms with Crippen LogP contribution in [-0.2, 0) is 4.74 Å². The van der Waals surface area contributed by atoms with Crippen LogP contribution in [0.15, 0.2) is 12.2 Å². The Labute approximate surface area is 98.2 Å². The third kappa shape index (κ3) is 5.79. The van der Waals surface area contributed by atoms with Crippen molar-refractivity contribution in [3.63, 3.8) is 0 Å². The molecule has 0 bridgehead atoms. The summed E-state index contributed by atoms with van der Waals surface area (Å²) in [5.41, 5.74) is 1.16. The van der Waals surface area contributed by atoms with E-state index in [9.17, 15) is 4.79 Å². The van der Waals surface area contributed by atoms with Crippen LogP contribution in [0.2, 0.25) is 0 Å². The van der Waals surface area contributed by atoms with E-state index in [1.807, 2.05) is 6.92 Å². The van der Waals surface area contributed by atoms with E-state index in [0.717, 1.165) is 31.3 Å². The van der Waals surface area contributed by atoms with Crippen LogP contribution in [0.25, 0.3) is 0 Å². The van der Waals surface area contributed by atoms with Gasteiger partial charge in [0.25, 0.3) is 0 Å². The molecule has 0 heterocycles. The minimum atomic E-state index is -0.256. The van der Waals surface area contributed by atoms with Gasteiger partial charge in [-0.2, -0.15) is 0 Å². The lowest BCUT2D eigenvalue weighted by Gasteiger charge is -2.21. The highest BCUT2D eigenvalue weighted by atomic mass is 16.6. The number of rotatable bonds is 5. The molecule has 0 unspecified atom stereocenters. The van der Waals surface area contributed by atoms with Gasteiger partial charge in [-0.25, -0.2) is 4.79 Å². The maximum atomic E-state index is 11.4. The fourth-order valence-electron chi connectivity index (χ4n) is 1.96. The minimum absolute atomic E-state index is 0.148. The molecule has 92 valence electrons. The van der Waals surface area contributed by atoms with Crippen LogP contribution in [0.5, 0.6) is 0 Å². The van der Waals surface area contributed by atoms with Gasteiger partial charge in [0.15, 0.2) is 0 Å². The van der Waals surface area contributed by atoms with E-state index in [-0.39, 0.29) is 12.2 Å². The van der Waals surface area contributed by atoms with Crippen molar-refractivity contribution in [1.29, 1.82) is 0 Å². The van der Waals surface area contributed by atoms with E-state index in [1.54, 1.807) is 0 Å². The summed E-state index contributed by atoms with van der Waals surface area (Å²) in [6, 6.07) is 0. The van der Waals surface area contributed by atoms with Gasteiger partial charge in [0, 0.05) is 6.54 Å². The molecule has 1 saturated carbocycles. The molecule has 0 aromatic carbocycles. The molecule has 3 nitrogen and oxygen atoms in total. The SMILES string of the molecule is C=C(C)CCCNC(=O)OC1CCCCC1. The smallest absolute Gasteiger partial charge is 0.407 e. The number of nitrogens with one attached hydrogen (secondary N) is 1. The second kappa shape index (κ2) is 7.31. The number of allylic oxidation sites excluding steroid dienone is 1. The van der Waals surface area contributed by atoms with E-state index < -0.39 is 0 Å². The molecular formula is C13H23NO2. The van der Waals surface area contributed by atoms with Gasteiger partial charge in [-0.1, -0.05) is 12.0 Å². The average molecular weight is 225 g/mol. The first-order chi connectivity index (χ1) is 7.68. The Kier molecular flexibility index (Phi) is 5.98. The Morgan fingerprint density at radius 2 is 2.06 bits per heavy atom. The molecule has 1 aliphatic rings. The summed E-state index contributed by atoms with van der Waals surface area (Å²) in [4.78, 5) is 11.4. The predicted octanol–water partition coefficient (Wildman–Crippen LogP) is 3.40. The van der Waals surface area contributed by atoms with Gasteiger partial charge >= 0.3 is 6.09 Å². The number of hydrogen-bond donors (Lipinski definition) is 1. The van der Waals surface area contributed by atoms with Gasteiger partial charge in [-0.15, -0.1) is 6.58 Å². The zero-order chi connectivity index (χ0) is 11.8. The highest BCUT2D eigenvalue weighted by Crippen LogP contribution is 2.20. The molecule has 1 N–H and O–H groups in total. The summed E-state index contributed by atoms with van der Waals surface area (Å²) in [5.74, 6) is 0. The molecule has 16 heavy (non-hydrogen) atoms. The predicted molar refractivity (Wildman–Crippen MR) is 65.4 cm³/mol. The Balaban J connectivity index is 2.03. The molecule has 3 heteroatoms. The monoisotopic (exact) mass is 225 g/mol. The number of alkyl carbamates (subject to hydrolysis) is 1. The summed E-state index contributed by atoms with van der Waals surface area (Å²) in [5, 5.41) is 2.78. The largest absolute Gasteiger partial charge is 0.446 e.